The van der Waals surface area contributed by atoms with Crippen LogP contribution < -0.4 is 0 Å². The quantitative estimate of drug-likeness (QED) is 0.690. The van der Waals surface area contributed by atoms with E-state index >= 15 is 0 Å². The van der Waals surface area contributed by atoms with Gasteiger partial charge in [-0.1, -0.05) is 41.4 Å². The molecule has 0 N–H and O–H groups in total. The smallest absolute Gasteiger partial charge is 0.376 e. The summed E-state index contributed by atoms with van der Waals surface area (Å²) >= 11 is 11.6. The summed E-state index contributed by atoms with van der Waals surface area (Å²) in [6.45, 7) is 1.42. The summed E-state index contributed by atoms with van der Waals surface area (Å²) in [7, 11) is 0. The Labute approximate surface area is 126 Å². The fourth-order valence-electron chi connectivity index (χ4n) is 1.44. The van der Waals surface area contributed by atoms with E-state index in [1.807, 2.05) is 0 Å². The van der Waals surface area contributed by atoms with Crippen LogP contribution in [-0.2, 0) is 9.53 Å². The normalized spacial score (nSPS) is 11.8. The number of allylic oxidation sites excluding steroid dienone is 1. The van der Waals surface area contributed by atoms with E-state index in [0.717, 1.165) is 5.56 Å². The summed E-state index contributed by atoms with van der Waals surface area (Å²) in [5.74, 6) is -4.94. The second kappa shape index (κ2) is 7.60. The minimum Gasteiger partial charge on any atom is -0.462 e. The van der Waals surface area contributed by atoms with Gasteiger partial charge in [0, 0.05) is 6.42 Å². The highest BCUT2D eigenvalue weighted by Gasteiger charge is 2.39. The van der Waals surface area contributed by atoms with Crippen LogP contribution in [0.2, 0.25) is 10.0 Å². The summed E-state index contributed by atoms with van der Waals surface area (Å²) in [6, 6.07) is 4.97. The summed E-state index contributed by atoms with van der Waals surface area (Å²) < 4.78 is 30.9. The molecule has 0 aliphatic heterocycles. The number of esters is 1. The van der Waals surface area contributed by atoms with Crippen molar-refractivity contribution in [2.24, 2.45) is 0 Å². The van der Waals surface area contributed by atoms with E-state index in [2.05, 4.69) is 4.74 Å². The average Bonchev–Trinajstić information content (AvgIpc) is 2.39. The van der Waals surface area contributed by atoms with Crippen LogP contribution in [0, 0.1) is 0 Å². The van der Waals surface area contributed by atoms with Gasteiger partial charge in [-0.05, 0) is 31.0 Å². The van der Waals surface area contributed by atoms with Crippen LogP contribution in [0.3, 0.4) is 0 Å². The Morgan fingerprint density at radius 3 is 2.65 bits per heavy atom. The second-order valence-corrected chi connectivity index (χ2v) is 4.85. The van der Waals surface area contributed by atoms with Gasteiger partial charge in [-0.15, -0.1) is 0 Å². The number of alkyl halides is 2. The van der Waals surface area contributed by atoms with Gasteiger partial charge in [0.15, 0.2) is 0 Å². The maximum Gasteiger partial charge on any atom is 0.376 e. The van der Waals surface area contributed by atoms with Crippen molar-refractivity contribution in [3.05, 3.63) is 39.9 Å². The molecule has 0 spiro atoms. The number of ether oxygens (including phenoxy) is 1. The minimum atomic E-state index is -3.46. The molecule has 0 unspecified atom stereocenters. The first kappa shape index (κ1) is 16.9. The van der Waals surface area contributed by atoms with Gasteiger partial charge in [0.1, 0.15) is 0 Å². The fourth-order valence-corrected chi connectivity index (χ4v) is 1.75. The van der Waals surface area contributed by atoms with Crippen molar-refractivity contribution in [1.29, 1.82) is 0 Å². The molecule has 0 aliphatic rings. The fraction of sp³-hybridized carbons (Fsp3) is 0.357. The lowest BCUT2D eigenvalue weighted by Crippen LogP contribution is -2.30. The zero-order valence-electron chi connectivity index (χ0n) is 10.8. The van der Waals surface area contributed by atoms with Gasteiger partial charge < -0.3 is 4.74 Å². The Kier molecular flexibility index (Phi) is 6.43. The number of hydrogen-bond acceptors (Lipinski definition) is 2. The van der Waals surface area contributed by atoms with Gasteiger partial charge >= 0.3 is 11.9 Å². The van der Waals surface area contributed by atoms with E-state index in [-0.39, 0.29) is 13.0 Å². The minimum absolute atomic E-state index is 0.0477. The highest BCUT2D eigenvalue weighted by molar-refractivity contribution is 6.42. The maximum atomic E-state index is 13.3. The van der Waals surface area contributed by atoms with Gasteiger partial charge in [0.25, 0.3) is 0 Å². The van der Waals surface area contributed by atoms with Crippen molar-refractivity contribution in [1.82, 2.24) is 0 Å². The molecule has 0 heterocycles. The van der Waals surface area contributed by atoms with Crippen LogP contribution in [0.15, 0.2) is 24.3 Å². The van der Waals surface area contributed by atoms with Crippen molar-refractivity contribution in [2.75, 3.05) is 6.61 Å². The van der Waals surface area contributed by atoms with Crippen LogP contribution >= 0.6 is 23.2 Å². The zero-order chi connectivity index (χ0) is 15.2. The summed E-state index contributed by atoms with van der Waals surface area (Å²) in [4.78, 5) is 11.0. The van der Waals surface area contributed by atoms with Crippen LogP contribution in [0.25, 0.3) is 6.08 Å². The predicted octanol–water partition coefficient (Wildman–Crippen LogP) is 4.99. The molecule has 0 saturated heterocycles. The summed E-state index contributed by atoms with van der Waals surface area (Å²) in [5.41, 5.74) is 0.749. The summed E-state index contributed by atoms with van der Waals surface area (Å²) in [5, 5.41) is 0.823. The molecule has 1 aromatic rings. The number of hydrogen-bond donors (Lipinski definition) is 0. The molecule has 1 rings (SSSR count). The van der Waals surface area contributed by atoms with Gasteiger partial charge in [0.2, 0.25) is 0 Å². The van der Waals surface area contributed by atoms with Crippen LogP contribution in [-0.4, -0.2) is 18.5 Å². The van der Waals surface area contributed by atoms with Crippen LogP contribution in [0.4, 0.5) is 8.78 Å². The number of benzene rings is 1. The molecular weight excluding hydrogens is 309 g/mol. The third-order valence-corrected chi connectivity index (χ3v) is 3.19. The molecule has 0 saturated carbocycles. The number of rotatable bonds is 6. The van der Waals surface area contributed by atoms with Crippen molar-refractivity contribution in [3.8, 4) is 0 Å². The van der Waals surface area contributed by atoms with E-state index in [4.69, 9.17) is 23.2 Å². The predicted molar refractivity (Wildman–Crippen MR) is 76.3 cm³/mol. The first-order valence-electron chi connectivity index (χ1n) is 6.03. The molecule has 2 nitrogen and oxygen atoms in total. The van der Waals surface area contributed by atoms with E-state index in [1.54, 1.807) is 30.4 Å². The summed E-state index contributed by atoms with van der Waals surface area (Å²) in [6.07, 6.45) is 2.64. The van der Waals surface area contributed by atoms with Gasteiger partial charge in [-0.3, -0.25) is 0 Å². The zero-order valence-corrected chi connectivity index (χ0v) is 12.3. The first-order chi connectivity index (χ1) is 9.36. The molecule has 0 bridgehead atoms. The van der Waals surface area contributed by atoms with Crippen molar-refractivity contribution < 1.29 is 18.3 Å². The SMILES string of the molecule is CCOC(=O)C(F)(F)CC/C=C/c1ccc(Cl)c(Cl)c1. The monoisotopic (exact) mass is 322 g/mol. The lowest BCUT2D eigenvalue weighted by molar-refractivity contribution is -0.172. The molecule has 6 heteroatoms. The standard InChI is InChI=1S/C14H14Cl2F2O2/c1-2-20-13(19)14(17,18)8-4-3-5-10-6-7-11(15)12(16)9-10/h3,5-7,9H,2,4,8H2,1H3/b5-3+. The molecule has 0 radical (unpaired) electrons. The van der Waals surface area contributed by atoms with Gasteiger partial charge in [-0.25, -0.2) is 4.79 Å². The van der Waals surface area contributed by atoms with Gasteiger partial charge in [-0.2, -0.15) is 8.78 Å². The van der Waals surface area contributed by atoms with E-state index in [1.165, 1.54) is 6.92 Å². The highest BCUT2D eigenvalue weighted by Crippen LogP contribution is 2.25. The van der Waals surface area contributed by atoms with Crippen molar-refractivity contribution in [2.45, 2.75) is 25.7 Å². The van der Waals surface area contributed by atoms with Crippen LogP contribution in [0.5, 0.6) is 0 Å². The second-order valence-electron chi connectivity index (χ2n) is 4.04. The Hall–Kier alpha value is -1.13. The lowest BCUT2D eigenvalue weighted by Gasteiger charge is -2.12. The Morgan fingerprint density at radius 1 is 1.35 bits per heavy atom. The molecule has 0 atom stereocenters. The maximum absolute atomic E-state index is 13.3. The van der Waals surface area contributed by atoms with Crippen molar-refractivity contribution in [3.63, 3.8) is 0 Å². The molecule has 0 fully saturated rings. The Bertz CT molecular complexity index is 502. The molecule has 0 amide bonds. The van der Waals surface area contributed by atoms with E-state index < -0.39 is 18.3 Å². The number of carbonyl (C=O) groups is 1. The third-order valence-electron chi connectivity index (χ3n) is 2.45. The molecule has 110 valence electrons. The Morgan fingerprint density at radius 2 is 2.05 bits per heavy atom. The lowest BCUT2D eigenvalue weighted by atomic mass is 10.1. The topological polar surface area (TPSA) is 26.3 Å². The first-order valence-corrected chi connectivity index (χ1v) is 6.79. The molecule has 20 heavy (non-hydrogen) atoms. The number of carbonyl (C=O) groups excluding carboxylic acids is 1. The van der Waals surface area contributed by atoms with E-state index in [0.29, 0.717) is 10.0 Å². The molecule has 1 aromatic carbocycles. The molecular formula is C14H14Cl2F2O2. The molecule has 0 aliphatic carbocycles. The number of halogens is 4. The average molecular weight is 323 g/mol. The highest BCUT2D eigenvalue weighted by atomic mass is 35.5. The van der Waals surface area contributed by atoms with E-state index in [9.17, 15) is 13.6 Å². The molecule has 0 aromatic heterocycles. The Balaban J connectivity index is 2.52. The largest absolute Gasteiger partial charge is 0.462 e. The van der Waals surface area contributed by atoms with Gasteiger partial charge in [0.05, 0.1) is 16.7 Å². The van der Waals surface area contributed by atoms with Crippen molar-refractivity contribution >= 4 is 35.2 Å². The third kappa shape index (κ3) is 5.10. The van der Waals surface area contributed by atoms with Crippen LogP contribution in [0.1, 0.15) is 25.3 Å².